The van der Waals surface area contributed by atoms with Gasteiger partial charge in [0.2, 0.25) is 0 Å². The number of aliphatic carboxylic acids is 1. The maximum atomic E-state index is 10.8. The van der Waals surface area contributed by atoms with Crippen molar-refractivity contribution in [3.63, 3.8) is 0 Å². The molecular weight excluding hydrogens is 250 g/mol. The molecule has 0 spiro atoms. The topological polar surface area (TPSA) is 63.3 Å². The Morgan fingerprint density at radius 2 is 1.89 bits per heavy atom. The van der Waals surface area contributed by atoms with Crippen LogP contribution >= 0.6 is 11.6 Å². The summed E-state index contributed by atoms with van der Waals surface area (Å²) in [5, 5.41) is 9.33. The second-order valence-electron chi connectivity index (χ2n) is 3.96. The Kier molecular flexibility index (Phi) is 3.53. The Morgan fingerprint density at radius 3 is 2.50 bits per heavy atom. The zero-order valence-corrected chi connectivity index (χ0v) is 10.3. The minimum Gasteiger partial charge on any atom is -0.481 e. The summed E-state index contributed by atoms with van der Waals surface area (Å²) >= 11 is 6.01. The van der Waals surface area contributed by atoms with Crippen LogP contribution in [0.2, 0.25) is 5.02 Å². The van der Waals surface area contributed by atoms with Crippen molar-refractivity contribution in [3.8, 4) is 11.1 Å². The summed E-state index contributed by atoms with van der Waals surface area (Å²) < 4.78 is 0. The average Bonchev–Trinajstić information content (AvgIpc) is 2.34. The van der Waals surface area contributed by atoms with Gasteiger partial charge in [-0.2, -0.15) is 0 Å². The number of hydrogen-bond acceptors (Lipinski definition) is 2. The lowest BCUT2D eigenvalue weighted by Crippen LogP contribution is -2.05. The molecule has 92 valence electrons. The van der Waals surface area contributed by atoms with Crippen molar-refractivity contribution in [2.45, 2.75) is 6.42 Å². The molecule has 2 aromatic rings. The fourth-order valence-corrected chi connectivity index (χ4v) is 2.08. The van der Waals surface area contributed by atoms with E-state index in [9.17, 15) is 4.79 Å². The van der Waals surface area contributed by atoms with Crippen LogP contribution in [-0.2, 0) is 11.2 Å². The monoisotopic (exact) mass is 261 g/mol. The van der Waals surface area contributed by atoms with E-state index in [1.807, 2.05) is 30.3 Å². The van der Waals surface area contributed by atoms with Crippen molar-refractivity contribution in [2.24, 2.45) is 0 Å². The highest BCUT2D eigenvalue weighted by molar-refractivity contribution is 6.31. The Labute approximate surface area is 110 Å². The highest BCUT2D eigenvalue weighted by Crippen LogP contribution is 2.32. The van der Waals surface area contributed by atoms with Gasteiger partial charge in [0.25, 0.3) is 0 Å². The molecule has 4 heteroatoms. The van der Waals surface area contributed by atoms with Crippen LogP contribution in [-0.4, -0.2) is 11.1 Å². The highest BCUT2D eigenvalue weighted by atomic mass is 35.5. The second kappa shape index (κ2) is 5.10. The molecule has 0 fully saturated rings. The molecule has 0 aliphatic heterocycles. The molecule has 0 aromatic heterocycles. The van der Waals surface area contributed by atoms with E-state index in [1.54, 1.807) is 12.1 Å². The Morgan fingerprint density at radius 1 is 1.22 bits per heavy atom. The molecule has 0 saturated carbocycles. The van der Waals surface area contributed by atoms with Crippen LogP contribution in [0.4, 0.5) is 5.69 Å². The quantitative estimate of drug-likeness (QED) is 0.834. The summed E-state index contributed by atoms with van der Waals surface area (Å²) in [7, 11) is 0. The van der Waals surface area contributed by atoms with E-state index >= 15 is 0 Å². The number of carbonyl (C=O) groups is 1. The lowest BCUT2D eigenvalue weighted by molar-refractivity contribution is -0.136. The second-order valence-corrected chi connectivity index (χ2v) is 4.40. The van der Waals surface area contributed by atoms with Crippen LogP contribution in [0.25, 0.3) is 11.1 Å². The average molecular weight is 262 g/mol. The number of carboxylic acids is 1. The highest BCUT2D eigenvalue weighted by Gasteiger charge is 2.11. The number of benzene rings is 2. The number of hydrogen-bond donors (Lipinski definition) is 2. The first-order chi connectivity index (χ1) is 8.58. The molecule has 0 unspecified atom stereocenters. The number of carboxylic acid groups (broad SMARTS) is 1. The standard InChI is InChI=1S/C14H12ClNO2/c15-11-6-10(7-13(17)18)14(16)12(8-11)9-4-2-1-3-5-9/h1-6,8H,7,16H2,(H,17,18). The minimum absolute atomic E-state index is 0.133. The van der Waals surface area contributed by atoms with Gasteiger partial charge in [0.05, 0.1) is 6.42 Å². The first-order valence-corrected chi connectivity index (χ1v) is 5.81. The molecule has 18 heavy (non-hydrogen) atoms. The molecule has 2 rings (SSSR count). The maximum Gasteiger partial charge on any atom is 0.307 e. The van der Waals surface area contributed by atoms with Crippen LogP contribution in [0.1, 0.15) is 5.56 Å². The molecule has 0 aliphatic rings. The number of nitrogens with two attached hydrogens (primary N) is 1. The predicted octanol–water partition coefficient (Wildman–Crippen LogP) is 3.22. The smallest absolute Gasteiger partial charge is 0.307 e. The van der Waals surface area contributed by atoms with Crippen LogP contribution in [0.5, 0.6) is 0 Å². The zero-order chi connectivity index (χ0) is 13.1. The van der Waals surface area contributed by atoms with Crippen LogP contribution < -0.4 is 5.73 Å². The Hall–Kier alpha value is -2.00. The van der Waals surface area contributed by atoms with Crippen molar-refractivity contribution in [3.05, 3.63) is 53.1 Å². The molecule has 0 atom stereocenters. The summed E-state index contributed by atoms with van der Waals surface area (Å²) in [4.78, 5) is 10.8. The van der Waals surface area contributed by atoms with Gasteiger partial charge in [0.1, 0.15) is 0 Å². The number of halogens is 1. The number of rotatable bonds is 3. The van der Waals surface area contributed by atoms with E-state index in [0.717, 1.165) is 11.1 Å². The normalized spacial score (nSPS) is 10.3. The summed E-state index contributed by atoms with van der Waals surface area (Å²) in [6.07, 6.45) is -0.133. The molecule has 0 radical (unpaired) electrons. The third-order valence-corrected chi connectivity index (χ3v) is 2.88. The Bertz CT molecular complexity index is 582. The number of anilines is 1. The van der Waals surface area contributed by atoms with Crippen molar-refractivity contribution in [1.29, 1.82) is 0 Å². The van der Waals surface area contributed by atoms with E-state index < -0.39 is 5.97 Å². The molecule has 3 nitrogen and oxygen atoms in total. The summed E-state index contributed by atoms with van der Waals surface area (Å²) in [5.41, 5.74) is 8.70. The van der Waals surface area contributed by atoms with Crippen molar-refractivity contribution in [2.75, 3.05) is 5.73 Å². The zero-order valence-electron chi connectivity index (χ0n) is 9.56. The predicted molar refractivity (Wildman–Crippen MR) is 72.6 cm³/mol. The molecule has 0 heterocycles. The lowest BCUT2D eigenvalue weighted by Gasteiger charge is -2.11. The molecule has 3 N–H and O–H groups in total. The molecular formula is C14H12ClNO2. The summed E-state index contributed by atoms with van der Waals surface area (Å²) in [6, 6.07) is 12.9. The Balaban J connectivity index is 2.55. The van der Waals surface area contributed by atoms with E-state index in [2.05, 4.69) is 0 Å². The van der Waals surface area contributed by atoms with Crippen molar-refractivity contribution >= 4 is 23.3 Å². The van der Waals surface area contributed by atoms with Gasteiger partial charge in [-0.1, -0.05) is 41.9 Å². The molecule has 0 saturated heterocycles. The van der Waals surface area contributed by atoms with Gasteiger partial charge in [-0.25, -0.2) is 0 Å². The van der Waals surface area contributed by atoms with Gasteiger partial charge >= 0.3 is 5.97 Å². The largest absolute Gasteiger partial charge is 0.481 e. The van der Waals surface area contributed by atoms with Crippen LogP contribution in [0.3, 0.4) is 0 Å². The lowest BCUT2D eigenvalue weighted by atomic mass is 9.99. The van der Waals surface area contributed by atoms with Gasteiger partial charge in [-0.15, -0.1) is 0 Å². The minimum atomic E-state index is -0.928. The van der Waals surface area contributed by atoms with Gasteiger partial charge in [-0.05, 0) is 23.3 Å². The van der Waals surface area contributed by atoms with Gasteiger partial charge in [0.15, 0.2) is 0 Å². The fourth-order valence-electron chi connectivity index (χ4n) is 1.84. The molecule has 0 bridgehead atoms. The van der Waals surface area contributed by atoms with Crippen molar-refractivity contribution in [1.82, 2.24) is 0 Å². The summed E-state index contributed by atoms with van der Waals surface area (Å²) in [6.45, 7) is 0. The first-order valence-electron chi connectivity index (χ1n) is 5.43. The number of nitrogen functional groups attached to an aromatic ring is 1. The van der Waals surface area contributed by atoms with E-state index in [-0.39, 0.29) is 6.42 Å². The molecule has 2 aromatic carbocycles. The maximum absolute atomic E-state index is 10.8. The SMILES string of the molecule is Nc1c(CC(=O)O)cc(Cl)cc1-c1ccccc1. The first kappa shape index (κ1) is 12.5. The van der Waals surface area contributed by atoms with Crippen LogP contribution in [0.15, 0.2) is 42.5 Å². The van der Waals surface area contributed by atoms with Crippen LogP contribution in [0, 0.1) is 0 Å². The third kappa shape index (κ3) is 2.63. The fraction of sp³-hybridized carbons (Fsp3) is 0.0714. The van der Waals surface area contributed by atoms with E-state index in [1.165, 1.54) is 0 Å². The van der Waals surface area contributed by atoms with Crippen molar-refractivity contribution < 1.29 is 9.90 Å². The summed E-state index contributed by atoms with van der Waals surface area (Å²) in [5.74, 6) is -0.928. The molecule has 0 aliphatic carbocycles. The third-order valence-electron chi connectivity index (χ3n) is 2.66. The van der Waals surface area contributed by atoms with Gasteiger partial charge < -0.3 is 10.8 Å². The van der Waals surface area contributed by atoms with Gasteiger partial charge in [-0.3, -0.25) is 4.79 Å². The van der Waals surface area contributed by atoms with E-state index in [4.69, 9.17) is 22.4 Å². The van der Waals surface area contributed by atoms with Gasteiger partial charge in [0, 0.05) is 16.3 Å². The van der Waals surface area contributed by atoms with E-state index in [0.29, 0.717) is 16.3 Å². The molecule has 0 amide bonds.